The van der Waals surface area contributed by atoms with Gasteiger partial charge in [-0.1, -0.05) is 6.07 Å². The second-order valence-electron chi connectivity index (χ2n) is 3.50. The molecule has 0 spiro atoms. The van der Waals surface area contributed by atoms with Crippen molar-refractivity contribution in [3.8, 4) is 5.75 Å². The van der Waals surface area contributed by atoms with Gasteiger partial charge < -0.3 is 9.52 Å². The molecule has 78 valence electrons. The quantitative estimate of drug-likeness (QED) is 0.458. The van der Waals surface area contributed by atoms with Crippen LogP contribution in [0.3, 0.4) is 0 Å². The van der Waals surface area contributed by atoms with Crippen LogP contribution in [0.5, 0.6) is 5.75 Å². The lowest BCUT2D eigenvalue weighted by Gasteiger charge is -2.01. The van der Waals surface area contributed by atoms with Crippen LogP contribution < -0.4 is 5.63 Å². The van der Waals surface area contributed by atoms with Crippen LogP contribution in [0.2, 0.25) is 0 Å². The standard InChI is InChI=1S/C12H7NO3/c14-10-6-12(15)16-11-5-9-7(4-8(10)11)2-1-3-13-9/h1-6,14H. The van der Waals surface area contributed by atoms with Gasteiger partial charge in [-0.2, -0.15) is 0 Å². The Morgan fingerprint density at radius 1 is 1.25 bits per heavy atom. The van der Waals surface area contributed by atoms with E-state index in [4.69, 9.17) is 4.42 Å². The maximum Gasteiger partial charge on any atom is 0.339 e. The molecular weight excluding hydrogens is 206 g/mol. The number of benzene rings is 1. The average molecular weight is 213 g/mol. The van der Waals surface area contributed by atoms with E-state index < -0.39 is 5.63 Å². The Balaban J connectivity index is 2.56. The summed E-state index contributed by atoms with van der Waals surface area (Å²) in [6.07, 6.45) is 1.66. The normalized spacial score (nSPS) is 11.0. The van der Waals surface area contributed by atoms with Crippen molar-refractivity contribution in [1.29, 1.82) is 0 Å². The van der Waals surface area contributed by atoms with Crippen molar-refractivity contribution in [2.75, 3.05) is 0 Å². The van der Waals surface area contributed by atoms with E-state index in [1.54, 1.807) is 18.3 Å². The largest absolute Gasteiger partial charge is 0.507 e. The summed E-state index contributed by atoms with van der Waals surface area (Å²) >= 11 is 0. The first-order chi connectivity index (χ1) is 7.74. The second kappa shape index (κ2) is 3.06. The molecule has 4 heteroatoms. The van der Waals surface area contributed by atoms with Gasteiger partial charge in [-0.25, -0.2) is 4.79 Å². The average Bonchev–Trinajstić information content (AvgIpc) is 2.27. The molecule has 0 aliphatic heterocycles. The maximum atomic E-state index is 11.1. The first kappa shape index (κ1) is 8.91. The summed E-state index contributed by atoms with van der Waals surface area (Å²) in [6, 6.07) is 8.14. The topological polar surface area (TPSA) is 63.3 Å². The lowest BCUT2D eigenvalue weighted by atomic mass is 10.1. The van der Waals surface area contributed by atoms with Crippen molar-refractivity contribution < 1.29 is 9.52 Å². The Labute approximate surface area is 89.8 Å². The zero-order valence-corrected chi connectivity index (χ0v) is 8.18. The molecular formula is C12H7NO3. The molecule has 2 heterocycles. The molecule has 0 atom stereocenters. The van der Waals surface area contributed by atoms with Crippen molar-refractivity contribution >= 4 is 21.9 Å². The molecule has 4 nitrogen and oxygen atoms in total. The zero-order valence-electron chi connectivity index (χ0n) is 8.18. The number of hydrogen-bond donors (Lipinski definition) is 1. The summed E-state index contributed by atoms with van der Waals surface area (Å²) in [5.41, 5.74) is 0.500. The summed E-state index contributed by atoms with van der Waals surface area (Å²) in [5, 5.41) is 11.0. The molecule has 0 fully saturated rings. The van der Waals surface area contributed by atoms with Gasteiger partial charge in [0.15, 0.2) is 0 Å². The fraction of sp³-hybridized carbons (Fsp3) is 0. The van der Waals surface area contributed by atoms with Crippen LogP contribution in [0.15, 0.2) is 45.7 Å². The molecule has 16 heavy (non-hydrogen) atoms. The first-order valence-corrected chi connectivity index (χ1v) is 4.76. The number of nitrogens with zero attached hydrogens (tertiary/aromatic N) is 1. The molecule has 0 saturated carbocycles. The zero-order chi connectivity index (χ0) is 11.1. The third-order valence-corrected chi connectivity index (χ3v) is 2.45. The molecule has 2 aromatic heterocycles. The van der Waals surface area contributed by atoms with Crippen molar-refractivity contribution in [2.45, 2.75) is 0 Å². The highest BCUT2D eigenvalue weighted by atomic mass is 16.4. The van der Waals surface area contributed by atoms with Crippen molar-refractivity contribution in [1.82, 2.24) is 4.98 Å². The van der Waals surface area contributed by atoms with Gasteiger partial charge in [0.1, 0.15) is 11.3 Å². The van der Waals surface area contributed by atoms with Crippen LogP contribution in [-0.4, -0.2) is 10.1 Å². The van der Waals surface area contributed by atoms with E-state index in [2.05, 4.69) is 4.98 Å². The smallest absolute Gasteiger partial charge is 0.339 e. The fourth-order valence-corrected chi connectivity index (χ4v) is 1.71. The Hall–Kier alpha value is -2.36. The monoisotopic (exact) mass is 213 g/mol. The van der Waals surface area contributed by atoms with Crippen molar-refractivity contribution in [2.24, 2.45) is 0 Å². The Morgan fingerprint density at radius 2 is 2.12 bits per heavy atom. The third-order valence-electron chi connectivity index (χ3n) is 2.45. The molecule has 0 unspecified atom stereocenters. The number of fused-ring (bicyclic) bond motifs is 2. The summed E-state index contributed by atoms with van der Waals surface area (Å²) in [5.74, 6) is -0.0722. The Kier molecular flexibility index (Phi) is 1.71. The highest BCUT2D eigenvalue weighted by Gasteiger charge is 2.06. The molecule has 1 aromatic carbocycles. The lowest BCUT2D eigenvalue weighted by molar-refractivity contribution is 0.468. The van der Waals surface area contributed by atoms with Gasteiger partial charge in [0.25, 0.3) is 0 Å². The van der Waals surface area contributed by atoms with Crippen LogP contribution in [0, 0.1) is 0 Å². The van der Waals surface area contributed by atoms with Crippen LogP contribution in [0.25, 0.3) is 21.9 Å². The summed E-state index contributed by atoms with van der Waals surface area (Å²) < 4.78 is 5.00. The fourth-order valence-electron chi connectivity index (χ4n) is 1.71. The number of hydrogen-bond acceptors (Lipinski definition) is 4. The molecule has 3 rings (SSSR count). The van der Waals surface area contributed by atoms with Gasteiger partial charge in [-0.05, 0) is 12.1 Å². The number of pyridine rings is 1. The Morgan fingerprint density at radius 3 is 3.00 bits per heavy atom. The lowest BCUT2D eigenvalue weighted by Crippen LogP contribution is -1.95. The van der Waals surface area contributed by atoms with Crippen LogP contribution in [-0.2, 0) is 0 Å². The molecule has 1 N–H and O–H groups in total. The van der Waals surface area contributed by atoms with E-state index in [1.807, 2.05) is 12.1 Å². The number of rotatable bonds is 0. The van der Waals surface area contributed by atoms with E-state index in [9.17, 15) is 9.90 Å². The van der Waals surface area contributed by atoms with Gasteiger partial charge in [-0.15, -0.1) is 0 Å². The molecule has 0 bridgehead atoms. The van der Waals surface area contributed by atoms with E-state index >= 15 is 0 Å². The third kappa shape index (κ3) is 1.24. The number of aromatic nitrogens is 1. The van der Waals surface area contributed by atoms with E-state index in [0.717, 1.165) is 17.0 Å². The van der Waals surface area contributed by atoms with Crippen LogP contribution >= 0.6 is 0 Å². The number of aromatic hydroxyl groups is 1. The summed E-state index contributed by atoms with van der Waals surface area (Å²) in [7, 11) is 0. The van der Waals surface area contributed by atoms with Gasteiger partial charge in [0.2, 0.25) is 0 Å². The van der Waals surface area contributed by atoms with Gasteiger partial charge >= 0.3 is 5.63 Å². The van der Waals surface area contributed by atoms with E-state index in [0.29, 0.717) is 11.0 Å². The predicted octanol–water partition coefficient (Wildman–Crippen LogP) is 2.05. The molecule has 0 saturated heterocycles. The minimum absolute atomic E-state index is 0.0722. The Bertz CT molecular complexity index is 746. The maximum absolute atomic E-state index is 11.1. The second-order valence-corrected chi connectivity index (χ2v) is 3.50. The first-order valence-electron chi connectivity index (χ1n) is 4.76. The minimum Gasteiger partial charge on any atom is -0.507 e. The minimum atomic E-state index is -0.569. The molecule has 3 aromatic rings. The molecule has 0 radical (unpaired) electrons. The molecule has 0 aliphatic carbocycles. The van der Waals surface area contributed by atoms with Crippen LogP contribution in [0.4, 0.5) is 0 Å². The highest BCUT2D eigenvalue weighted by Crippen LogP contribution is 2.26. The summed E-state index contributed by atoms with van der Waals surface area (Å²) in [6.45, 7) is 0. The molecule has 0 aliphatic rings. The highest BCUT2D eigenvalue weighted by molar-refractivity contribution is 5.96. The van der Waals surface area contributed by atoms with Crippen molar-refractivity contribution in [3.63, 3.8) is 0 Å². The van der Waals surface area contributed by atoms with E-state index in [-0.39, 0.29) is 5.75 Å². The SMILES string of the molecule is O=c1cc(O)c2cc3cccnc3cc2o1. The predicted molar refractivity (Wildman–Crippen MR) is 59.4 cm³/mol. The van der Waals surface area contributed by atoms with Crippen LogP contribution in [0.1, 0.15) is 0 Å². The van der Waals surface area contributed by atoms with Crippen molar-refractivity contribution in [3.05, 3.63) is 46.9 Å². The van der Waals surface area contributed by atoms with E-state index in [1.165, 1.54) is 0 Å². The molecule has 0 amide bonds. The van der Waals surface area contributed by atoms with Gasteiger partial charge in [0, 0.05) is 17.6 Å². The summed E-state index contributed by atoms with van der Waals surface area (Å²) in [4.78, 5) is 15.2. The van der Waals surface area contributed by atoms with Gasteiger partial charge in [0.05, 0.1) is 17.0 Å². The van der Waals surface area contributed by atoms with Gasteiger partial charge in [-0.3, -0.25) is 4.98 Å².